The SMILES string of the molecule is CC(c1ccncc1)C(N)C1(C)CC1. The second kappa shape index (κ2) is 3.35. The minimum Gasteiger partial charge on any atom is -0.327 e. The van der Waals surface area contributed by atoms with Gasteiger partial charge in [-0.3, -0.25) is 4.98 Å². The van der Waals surface area contributed by atoms with Crippen molar-refractivity contribution >= 4 is 0 Å². The Labute approximate surface area is 85.5 Å². The molecule has 14 heavy (non-hydrogen) atoms. The molecule has 2 nitrogen and oxygen atoms in total. The Morgan fingerprint density at radius 1 is 1.36 bits per heavy atom. The lowest BCUT2D eigenvalue weighted by Gasteiger charge is -2.25. The number of pyridine rings is 1. The van der Waals surface area contributed by atoms with Gasteiger partial charge in [-0.2, -0.15) is 0 Å². The van der Waals surface area contributed by atoms with E-state index in [9.17, 15) is 0 Å². The van der Waals surface area contributed by atoms with Crippen LogP contribution in [0.3, 0.4) is 0 Å². The molecule has 2 N–H and O–H groups in total. The molecule has 1 aliphatic rings. The number of nitrogens with two attached hydrogens (primary N) is 1. The Kier molecular flexibility index (Phi) is 2.31. The van der Waals surface area contributed by atoms with Crippen molar-refractivity contribution in [1.29, 1.82) is 0 Å². The van der Waals surface area contributed by atoms with E-state index >= 15 is 0 Å². The highest BCUT2D eigenvalue weighted by atomic mass is 14.7. The predicted molar refractivity (Wildman–Crippen MR) is 58.0 cm³/mol. The number of rotatable bonds is 3. The summed E-state index contributed by atoms with van der Waals surface area (Å²) in [6, 6.07) is 4.41. The average molecular weight is 190 g/mol. The summed E-state index contributed by atoms with van der Waals surface area (Å²) in [5.74, 6) is 0.436. The normalized spacial score (nSPS) is 22.8. The molecule has 1 heterocycles. The third-order valence-electron chi connectivity index (χ3n) is 3.61. The second-order valence-corrected chi connectivity index (χ2v) is 4.75. The maximum Gasteiger partial charge on any atom is 0.0270 e. The number of hydrogen-bond donors (Lipinski definition) is 1. The second-order valence-electron chi connectivity index (χ2n) is 4.75. The number of hydrogen-bond acceptors (Lipinski definition) is 2. The molecule has 0 bridgehead atoms. The van der Waals surface area contributed by atoms with Crippen LogP contribution in [0.1, 0.15) is 38.2 Å². The number of aromatic nitrogens is 1. The quantitative estimate of drug-likeness (QED) is 0.794. The molecule has 1 aromatic heterocycles. The fourth-order valence-corrected chi connectivity index (χ4v) is 2.01. The van der Waals surface area contributed by atoms with Gasteiger partial charge in [-0.15, -0.1) is 0 Å². The Morgan fingerprint density at radius 3 is 2.43 bits per heavy atom. The zero-order chi connectivity index (χ0) is 10.2. The molecule has 0 spiro atoms. The molecule has 1 aliphatic carbocycles. The van der Waals surface area contributed by atoms with E-state index < -0.39 is 0 Å². The molecule has 0 radical (unpaired) electrons. The van der Waals surface area contributed by atoms with Gasteiger partial charge >= 0.3 is 0 Å². The van der Waals surface area contributed by atoms with Gasteiger partial charge in [0, 0.05) is 18.4 Å². The van der Waals surface area contributed by atoms with Crippen molar-refractivity contribution in [3.63, 3.8) is 0 Å². The van der Waals surface area contributed by atoms with Crippen LogP contribution in [0.15, 0.2) is 24.5 Å². The van der Waals surface area contributed by atoms with E-state index in [0.29, 0.717) is 11.3 Å². The smallest absolute Gasteiger partial charge is 0.0270 e. The van der Waals surface area contributed by atoms with Crippen LogP contribution in [0, 0.1) is 5.41 Å². The summed E-state index contributed by atoms with van der Waals surface area (Å²) >= 11 is 0. The molecule has 0 aromatic carbocycles. The first-order valence-corrected chi connectivity index (χ1v) is 5.29. The van der Waals surface area contributed by atoms with E-state index in [1.807, 2.05) is 12.4 Å². The van der Waals surface area contributed by atoms with Crippen LogP contribution < -0.4 is 5.73 Å². The summed E-state index contributed by atoms with van der Waals surface area (Å²) in [4.78, 5) is 4.02. The lowest BCUT2D eigenvalue weighted by Crippen LogP contribution is -2.34. The fourth-order valence-electron chi connectivity index (χ4n) is 2.01. The van der Waals surface area contributed by atoms with E-state index in [-0.39, 0.29) is 6.04 Å². The summed E-state index contributed by atoms with van der Waals surface area (Å²) in [5, 5.41) is 0. The first-order chi connectivity index (χ1) is 6.63. The monoisotopic (exact) mass is 190 g/mol. The van der Waals surface area contributed by atoms with Gasteiger partial charge in [-0.25, -0.2) is 0 Å². The van der Waals surface area contributed by atoms with Crippen LogP contribution in [0.25, 0.3) is 0 Å². The Morgan fingerprint density at radius 2 is 1.93 bits per heavy atom. The van der Waals surface area contributed by atoms with E-state index in [0.717, 1.165) is 0 Å². The summed E-state index contributed by atoms with van der Waals surface area (Å²) in [7, 11) is 0. The van der Waals surface area contributed by atoms with E-state index in [4.69, 9.17) is 5.73 Å². The van der Waals surface area contributed by atoms with Gasteiger partial charge in [0.15, 0.2) is 0 Å². The number of nitrogens with zero attached hydrogens (tertiary/aromatic N) is 1. The minimum atomic E-state index is 0.282. The molecule has 1 saturated carbocycles. The van der Waals surface area contributed by atoms with Gasteiger partial charge in [0.2, 0.25) is 0 Å². The minimum absolute atomic E-state index is 0.282. The van der Waals surface area contributed by atoms with E-state index in [2.05, 4.69) is 31.0 Å². The van der Waals surface area contributed by atoms with E-state index in [1.165, 1.54) is 18.4 Å². The van der Waals surface area contributed by atoms with Gasteiger partial charge in [-0.05, 0) is 41.9 Å². The molecular formula is C12H18N2. The maximum absolute atomic E-state index is 6.27. The fraction of sp³-hybridized carbons (Fsp3) is 0.583. The zero-order valence-electron chi connectivity index (χ0n) is 8.90. The van der Waals surface area contributed by atoms with Gasteiger partial charge < -0.3 is 5.73 Å². The molecular weight excluding hydrogens is 172 g/mol. The first kappa shape index (κ1) is 9.66. The standard InChI is InChI=1S/C12H18N2/c1-9(10-3-7-14-8-4-10)11(13)12(2)5-6-12/h3-4,7-9,11H,5-6,13H2,1-2H3. The topological polar surface area (TPSA) is 38.9 Å². The lowest BCUT2D eigenvalue weighted by molar-refractivity contribution is 0.386. The third kappa shape index (κ3) is 1.67. The van der Waals surface area contributed by atoms with Crippen molar-refractivity contribution in [2.45, 2.75) is 38.6 Å². The van der Waals surface area contributed by atoms with Crippen molar-refractivity contribution < 1.29 is 0 Å². The van der Waals surface area contributed by atoms with Crippen molar-refractivity contribution in [1.82, 2.24) is 4.98 Å². The summed E-state index contributed by atoms with van der Waals surface area (Å²) in [6.07, 6.45) is 6.24. The molecule has 1 fully saturated rings. The molecule has 2 atom stereocenters. The van der Waals surface area contributed by atoms with Gasteiger partial charge in [0.1, 0.15) is 0 Å². The van der Waals surface area contributed by atoms with Crippen LogP contribution in [0.5, 0.6) is 0 Å². The van der Waals surface area contributed by atoms with Crippen molar-refractivity contribution in [3.8, 4) is 0 Å². The van der Waals surface area contributed by atoms with E-state index in [1.54, 1.807) is 0 Å². The summed E-state index contributed by atoms with van der Waals surface area (Å²) in [5.41, 5.74) is 7.97. The molecule has 0 saturated heterocycles. The first-order valence-electron chi connectivity index (χ1n) is 5.29. The molecule has 2 heteroatoms. The molecule has 1 aromatic rings. The molecule has 76 valence electrons. The maximum atomic E-state index is 6.27. The zero-order valence-corrected chi connectivity index (χ0v) is 8.90. The lowest BCUT2D eigenvalue weighted by atomic mass is 9.85. The average Bonchev–Trinajstić information content (AvgIpc) is 2.97. The Hall–Kier alpha value is -0.890. The molecule has 0 aliphatic heterocycles. The highest BCUT2D eigenvalue weighted by Gasteiger charge is 2.45. The molecule has 2 unspecified atom stereocenters. The van der Waals surface area contributed by atoms with Crippen molar-refractivity contribution in [2.24, 2.45) is 11.1 Å². The Balaban J connectivity index is 2.12. The van der Waals surface area contributed by atoms with Crippen LogP contribution >= 0.6 is 0 Å². The molecule has 2 rings (SSSR count). The van der Waals surface area contributed by atoms with Crippen molar-refractivity contribution in [3.05, 3.63) is 30.1 Å². The summed E-state index contributed by atoms with van der Waals surface area (Å²) < 4.78 is 0. The largest absolute Gasteiger partial charge is 0.327 e. The van der Waals surface area contributed by atoms with Gasteiger partial charge in [0.05, 0.1) is 0 Å². The highest BCUT2D eigenvalue weighted by molar-refractivity contribution is 5.19. The highest BCUT2D eigenvalue weighted by Crippen LogP contribution is 2.50. The van der Waals surface area contributed by atoms with Crippen LogP contribution in [0.2, 0.25) is 0 Å². The Bertz CT molecular complexity index is 303. The van der Waals surface area contributed by atoms with Crippen LogP contribution in [-0.2, 0) is 0 Å². The van der Waals surface area contributed by atoms with Crippen LogP contribution in [-0.4, -0.2) is 11.0 Å². The van der Waals surface area contributed by atoms with Gasteiger partial charge in [-0.1, -0.05) is 13.8 Å². The van der Waals surface area contributed by atoms with Gasteiger partial charge in [0.25, 0.3) is 0 Å². The molecule has 0 amide bonds. The van der Waals surface area contributed by atoms with Crippen molar-refractivity contribution in [2.75, 3.05) is 0 Å². The summed E-state index contributed by atoms with van der Waals surface area (Å²) in [6.45, 7) is 4.50. The predicted octanol–water partition coefficient (Wildman–Crippen LogP) is 2.31. The van der Waals surface area contributed by atoms with Crippen LogP contribution in [0.4, 0.5) is 0 Å². The third-order valence-corrected chi connectivity index (χ3v) is 3.61.